The van der Waals surface area contributed by atoms with Crippen molar-refractivity contribution in [3.63, 3.8) is 0 Å². The van der Waals surface area contributed by atoms with Crippen LogP contribution in [0.5, 0.6) is 11.5 Å². The number of hydrazone groups is 1. The Labute approximate surface area is 163 Å². The predicted octanol–water partition coefficient (Wildman–Crippen LogP) is 3.07. The smallest absolute Gasteiger partial charge is 0.307 e. The quantitative estimate of drug-likeness (QED) is 0.457. The number of methoxy groups -OCH3 is 2. The van der Waals surface area contributed by atoms with Gasteiger partial charge in [0.2, 0.25) is 0 Å². The first-order valence-electron chi connectivity index (χ1n) is 7.91. The van der Waals surface area contributed by atoms with Crippen molar-refractivity contribution in [3.8, 4) is 11.5 Å². The van der Waals surface area contributed by atoms with Gasteiger partial charge in [0.05, 0.1) is 37.6 Å². The van der Waals surface area contributed by atoms with Crippen LogP contribution >= 0.6 is 15.9 Å². The van der Waals surface area contributed by atoms with E-state index >= 15 is 0 Å². The van der Waals surface area contributed by atoms with Crippen molar-refractivity contribution < 1.29 is 18.7 Å². The lowest BCUT2D eigenvalue weighted by molar-refractivity contribution is 0.0925. The number of halogens is 1. The number of rotatable bonds is 7. The molecule has 0 aliphatic rings. The summed E-state index contributed by atoms with van der Waals surface area (Å²) in [6.07, 6.45) is 5.00. The molecule has 0 bridgehead atoms. The lowest BCUT2D eigenvalue weighted by Gasteiger charge is -2.07. The molecule has 0 radical (unpaired) electrons. The number of amides is 1. The lowest BCUT2D eigenvalue weighted by atomic mass is 10.2. The average Bonchev–Trinajstić information content (AvgIpc) is 3.30. The summed E-state index contributed by atoms with van der Waals surface area (Å²) >= 11 is 3.33. The minimum absolute atomic E-state index is 0.167. The highest BCUT2D eigenvalue weighted by molar-refractivity contribution is 9.10. The largest absolute Gasteiger partial charge is 0.493 e. The number of furan rings is 1. The Kier molecular flexibility index (Phi) is 5.92. The highest BCUT2D eigenvalue weighted by Crippen LogP contribution is 2.26. The van der Waals surface area contributed by atoms with Gasteiger partial charge in [-0.1, -0.05) is 0 Å². The highest BCUT2D eigenvalue weighted by atomic mass is 79.9. The van der Waals surface area contributed by atoms with Crippen molar-refractivity contribution in [2.75, 3.05) is 14.2 Å². The van der Waals surface area contributed by atoms with Crippen LogP contribution < -0.4 is 14.9 Å². The summed E-state index contributed by atoms with van der Waals surface area (Å²) in [7, 11) is 3.12. The number of aromatic nitrogens is 2. The summed E-state index contributed by atoms with van der Waals surface area (Å²) in [4.78, 5) is 12.1. The fraction of sp³-hybridized carbons (Fsp3) is 0.167. The summed E-state index contributed by atoms with van der Waals surface area (Å²) in [5, 5.41) is 8.08. The van der Waals surface area contributed by atoms with Crippen molar-refractivity contribution in [2.45, 2.75) is 6.54 Å². The van der Waals surface area contributed by atoms with Crippen LogP contribution in [0.4, 0.5) is 0 Å². The molecule has 27 heavy (non-hydrogen) atoms. The Balaban J connectivity index is 1.60. The molecule has 3 rings (SSSR count). The van der Waals surface area contributed by atoms with Crippen molar-refractivity contribution >= 4 is 28.1 Å². The predicted molar refractivity (Wildman–Crippen MR) is 102 cm³/mol. The van der Waals surface area contributed by atoms with Gasteiger partial charge in [-0.3, -0.25) is 9.48 Å². The number of carbonyl (C=O) groups is 1. The molecule has 1 amide bonds. The Hall–Kier alpha value is -3.07. The fourth-order valence-corrected chi connectivity index (χ4v) is 2.65. The molecule has 8 nitrogen and oxygen atoms in total. The monoisotopic (exact) mass is 432 g/mol. The number of hydrogen-bond donors (Lipinski definition) is 1. The molecule has 3 aromatic rings. The van der Waals surface area contributed by atoms with E-state index in [9.17, 15) is 4.79 Å². The van der Waals surface area contributed by atoms with Crippen LogP contribution in [0, 0.1) is 0 Å². The second-order valence-electron chi connectivity index (χ2n) is 5.44. The molecule has 0 aliphatic heterocycles. The first-order valence-corrected chi connectivity index (χ1v) is 8.70. The first kappa shape index (κ1) is 18.7. The molecule has 0 unspecified atom stereocenters. The summed E-state index contributed by atoms with van der Waals surface area (Å²) in [5.74, 6) is 1.53. The molecule has 2 aromatic heterocycles. The van der Waals surface area contributed by atoms with Gasteiger partial charge in [0.25, 0.3) is 0 Å². The second kappa shape index (κ2) is 8.54. The number of ether oxygens (including phenoxy) is 2. The van der Waals surface area contributed by atoms with Crippen LogP contribution in [-0.4, -0.2) is 36.1 Å². The van der Waals surface area contributed by atoms with Crippen LogP contribution in [0.25, 0.3) is 0 Å². The molecule has 9 heteroatoms. The third-order valence-electron chi connectivity index (χ3n) is 3.59. The van der Waals surface area contributed by atoms with Crippen molar-refractivity contribution in [1.82, 2.24) is 15.2 Å². The van der Waals surface area contributed by atoms with E-state index in [0.717, 1.165) is 10.0 Å². The highest BCUT2D eigenvalue weighted by Gasteiger charge is 2.11. The molecule has 1 N–H and O–H groups in total. The van der Waals surface area contributed by atoms with Crippen molar-refractivity contribution in [3.05, 3.63) is 64.3 Å². The SMILES string of the molecule is COc1ccc(/C=N/NC(=O)c2ccc(Cn3cc(Br)cn3)o2)cc1OC. The summed E-state index contributed by atoms with van der Waals surface area (Å²) in [5.41, 5.74) is 3.18. The zero-order valence-corrected chi connectivity index (χ0v) is 16.3. The van der Waals surface area contributed by atoms with E-state index in [4.69, 9.17) is 13.9 Å². The van der Waals surface area contributed by atoms with Gasteiger partial charge in [-0.25, -0.2) is 5.43 Å². The lowest BCUT2D eigenvalue weighted by Crippen LogP contribution is -2.16. The van der Waals surface area contributed by atoms with Crippen molar-refractivity contribution in [1.29, 1.82) is 0 Å². The Morgan fingerprint density at radius 2 is 2.11 bits per heavy atom. The Morgan fingerprint density at radius 1 is 1.30 bits per heavy atom. The fourth-order valence-electron chi connectivity index (χ4n) is 2.32. The van der Waals surface area contributed by atoms with Crippen LogP contribution in [-0.2, 0) is 6.54 Å². The molecular formula is C18H17BrN4O4. The molecule has 140 valence electrons. The Morgan fingerprint density at radius 3 is 2.81 bits per heavy atom. The molecule has 0 atom stereocenters. The van der Waals surface area contributed by atoms with Gasteiger partial charge < -0.3 is 13.9 Å². The molecule has 0 saturated heterocycles. The van der Waals surface area contributed by atoms with E-state index in [0.29, 0.717) is 23.8 Å². The van der Waals surface area contributed by atoms with Crippen LogP contribution in [0.15, 0.2) is 56.7 Å². The summed E-state index contributed by atoms with van der Waals surface area (Å²) < 4.78 is 18.5. The number of benzene rings is 1. The van der Waals surface area contributed by atoms with Gasteiger partial charge in [0.15, 0.2) is 17.3 Å². The Bertz CT molecular complexity index is 964. The van der Waals surface area contributed by atoms with E-state index < -0.39 is 5.91 Å². The number of hydrogen-bond acceptors (Lipinski definition) is 6. The molecule has 0 saturated carbocycles. The number of nitrogens with zero attached hydrogens (tertiary/aromatic N) is 3. The standard InChI is InChI=1S/C18H17BrN4O4/c1-25-15-5-3-12(7-17(15)26-2)8-20-22-18(24)16-6-4-14(27-16)11-23-10-13(19)9-21-23/h3-10H,11H2,1-2H3,(H,22,24)/b20-8+. The van der Waals surface area contributed by atoms with Gasteiger partial charge in [0.1, 0.15) is 5.76 Å². The summed E-state index contributed by atoms with van der Waals surface area (Å²) in [6.45, 7) is 0.424. The van der Waals surface area contributed by atoms with E-state index in [1.54, 1.807) is 55.4 Å². The van der Waals surface area contributed by atoms with Gasteiger partial charge >= 0.3 is 5.91 Å². The first-order chi connectivity index (χ1) is 13.1. The van der Waals surface area contributed by atoms with E-state index in [-0.39, 0.29) is 5.76 Å². The van der Waals surface area contributed by atoms with Crippen LogP contribution in [0.3, 0.4) is 0 Å². The topological polar surface area (TPSA) is 90.9 Å². The maximum atomic E-state index is 12.1. The molecule has 2 heterocycles. The van der Waals surface area contributed by atoms with Crippen LogP contribution in [0.1, 0.15) is 21.9 Å². The molecular weight excluding hydrogens is 416 g/mol. The molecule has 1 aromatic carbocycles. The maximum Gasteiger partial charge on any atom is 0.307 e. The van der Waals surface area contributed by atoms with Crippen LogP contribution in [0.2, 0.25) is 0 Å². The number of carbonyl (C=O) groups excluding carboxylic acids is 1. The van der Waals surface area contributed by atoms with E-state index in [2.05, 4.69) is 31.6 Å². The molecule has 0 spiro atoms. The second-order valence-corrected chi connectivity index (χ2v) is 6.35. The minimum Gasteiger partial charge on any atom is -0.493 e. The van der Waals surface area contributed by atoms with E-state index in [1.807, 2.05) is 6.20 Å². The zero-order valence-electron chi connectivity index (χ0n) is 14.7. The molecule has 0 fully saturated rings. The van der Waals surface area contributed by atoms with Gasteiger partial charge in [-0.2, -0.15) is 10.2 Å². The van der Waals surface area contributed by atoms with Gasteiger partial charge in [-0.05, 0) is 51.8 Å². The molecule has 0 aliphatic carbocycles. The van der Waals surface area contributed by atoms with Gasteiger partial charge in [-0.15, -0.1) is 0 Å². The summed E-state index contributed by atoms with van der Waals surface area (Å²) in [6, 6.07) is 8.62. The third kappa shape index (κ3) is 4.76. The zero-order chi connectivity index (χ0) is 19.2. The maximum absolute atomic E-state index is 12.1. The normalized spacial score (nSPS) is 10.9. The van der Waals surface area contributed by atoms with Gasteiger partial charge in [0, 0.05) is 6.20 Å². The third-order valence-corrected chi connectivity index (χ3v) is 4.00. The van der Waals surface area contributed by atoms with Crippen molar-refractivity contribution in [2.24, 2.45) is 5.10 Å². The minimum atomic E-state index is -0.445. The average molecular weight is 433 g/mol. The van der Waals surface area contributed by atoms with E-state index in [1.165, 1.54) is 6.21 Å². The number of nitrogens with one attached hydrogen (secondary N) is 1.